The van der Waals surface area contributed by atoms with E-state index in [4.69, 9.17) is 5.26 Å². The average Bonchev–Trinajstić information content (AvgIpc) is 2.38. The van der Waals surface area contributed by atoms with Crippen LogP contribution in [0.2, 0.25) is 0 Å². The summed E-state index contributed by atoms with van der Waals surface area (Å²) in [6.45, 7) is 4.33. The molecule has 0 aromatic heterocycles. The number of halogens is 1. The van der Waals surface area contributed by atoms with Gasteiger partial charge in [0.25, 0.3) is 0 Å². The van der Waals surface area contributed by atoms with E-state index in [1.165, 1.54) is 17.4 Å². The van der Waals surface area contributed by atoms with Crippen molar-refractivity contribution in [1.29, 1.82) is 5.26 Å². The first kappa shape index (κ1) is 15.6. The summed E-state index contributed by atoms with van der Waals surface area (Å²) in [7, 11) is -2.19. The zero-order valence-electron chi connectivity index (χ0n) is 11.2. The second-order valence-corrected chi connectivity index (χ2v) is 6.60. The Hall–Kier alpha value is -1.45. The molecule has 1 atom stereocenters. The lowest BCUT2D eigenvalue weighted by Gasteiger charge is -2.20. The molecule has 1 unspecified atom stereocenters. The highest BCUT2D eigenvalue weighted by atomic mass is 32.2. The quantitative estimate of drug-likeness (QED) is 0.834. The number of benzene rings is 1. The van der Waals surface area contributed by atoms with Gasteiger partial charge in [-0.05, 0) is 24.1 Å². The summed E-state index contributed by atoms with van der Waals surface area (Å²) in [5, 5.41) is 8.73. The fourth-order valence-corrected chi connectivity index (χ4v) is 2.91. The van der Waals surface area contributed by atoms with E-state index in [9.17, 15) is 12.8 Å². The van der Waals surface area contributed by atoms with Crippen molar-refractivity contribution in [3.63, 3.8) is 0 Å². The van der Waals surface area contributed by atoms with Crippen molar-refractivity contribution in [3.8, 4) is 6.07 Å². The Bertz CT molecular complexity index is 593. The van der Waals surface area contributed by atoms with Crippen LogP contribution < -0.4 is 0 Å². The molecule has 0 aliphatic rings. The molecule has 4 nitrogen and oxygen atoms in total. The van der Waals surface area contributed by atoms with E-state index in [2.05, 4.69) is 0 Å². The highest BCUT2D eigenvalue weighted by molar-refractivity contribution is 7.89. The van der Waals surface area contributed by atoms with Crippen LogP contribution in [-0.2, 0) is 10.0 Å². The van der Waals surface area contributed by atoms with Gasteiger partial charge in [0.15, 0.2) is 0 Å². The standard InChI is InChI=1S/C13H17FN2O2S/c1-4-10(2)9-16(3)19(17,18)12-5-6-13(14)11(7-12)8-15/h5-7,10H,4,9H2,1-3H3. The van der Waals surface area contributed by atoms with Crippen molar-refractivity contribution < 1.29 is 12.8 Å². The van der Waals surface area contributed by atoms with E-state index in [0.29, 0.717) is 6.54 Å². The van der Waals surface area contributed by atoms with Crippen LogP contribution in [0.1, 0.15) is 25.8 Å². The molecule has 0 bridgehead atoms. The molecule has 0 spiro atoms. The Morgan fingerprint density at radius 3 is 2.63 bits per heavy atom. The maximum absolute atomic E-state index is 13.2. The van der Waals surface area contributed by atoms with Crippen LogP contribution in [-0.4, -0.2) is 26.3 Å². The van der Waals surface area contributed by atoms with E-state index in [1.807, 2.05) is 13.8 Å². The van der Waals surface area contributed by atoms with Crippen LogP contribution in [0.3, 0.4) is 0 Å². The molecule has 0 saturated heterocycles. The molecular formula is C13H17FN2O2S. The van der Waals surface area contributed by atoms with Gasteiger partial charge in [-0.3, -0.25) is 0 Å². The average molecular weight is 284 g/mol. The van der Waals surface area contributed by atoms with E-state index in [-0.39, 0.29) is 16.4 Å². The van der Waals surface area contributed by atoms with E-state index < -0.39 is 15.8 Å². The Kier molecular flexibility index (Phi) is 5.04. The Labute approximate surface area is 113 Å². The van der Waals surface area contributed by atoms with E-state index in [0.717, 1.165) is 18.6 Å². The summed E-state index contributed by atoms with van der Waals surface area (Å²) in [6.07, 6.45) is 0.868. The summed E-state index contributed by atoms with van der Waals surface area (Å²) in [5.74, 6) is -0.485. The van der Waals surface area contributed by atoms with Crippen molar-refractivity contribution in [3.05, 3.63) is 29.6 Å². The molecular weight excluding hydrogens is 267 g/mol. The maximum atomic E-state index is 13.2. The van der Waals surface area contributed by atoms with E-state index >= 15 is 0 Å². The third-order valence-electron chi connectivity index (χ3n) is 3.03. The van der Waals surface area contributed by atoms with Gasteiger partial charge in [0.05, 0.1) is 10.5 Å². The molecule has 0 heterocycles. The highest BCUT2D eigenvalue weighted by Gasteiger charge is 2.23. The van der Waals surface area contributed by atoms with Gasteiger partial charge in [-0.1, -0.05) is 20.3 Å². The van der Waals surface area contributed by atoms with Gasteiger partial charge >= 0.3 is 0 Å². The maximum Gasteiger partial charge on any atom is 0.242 e. The van der Waals surface area contributed by atoms with Gasteiger partial charge in [0.1, 0.15) is 11.9 Å². The van der Waals surface area contributed by atoms with Crippen molar-refractivity contribution in [1.82, 2.24) is 4.31 Å². The highest BCUT2D eigenvalue weighted by Crippen LogP contribution is 2.19. The fourth-order valence-electron chi connectivity index (χ4n) is 1.60. The van der Waals surface area contributed by atoms with Crippen molar-refractivity contribution in [2.24, 2.45) is 5.92 Å². The van der Waals surface area contributed by atoms with Crippen molar-refractivity contribution >= 4 is 10.0 Å². The van der Waals surface area contributed by atoms with Gasteiger partial charge in [0, 0.05) is 13.6 Å². The molecule has 0 radical (unpaired) electrons. The molecule has 0 amide bonds. The first-order chi connectivity index (χ1) is 8.82. The van der Waals surface area contributed by atoms with Gasteiger partial charge < -0.3 is 0 Å². The van der Waals surface area contributed by atoms with Crippen LogP contribution in [0.5, 0.6) is 0 Å². The minimum atomic E-state index is -3.68. The Morgan fingerprint density at radius 1 is 1.47 bits per heavy atom. The third-order valence-corrected chi connectivity index (χ3v) is 4.85. The number of nitriles is 1. The predicted molar refractivity (Wildman–Crippen MR) is 70.4 cm³/mol. The molecule has 6 heteroatoms. The molecule has 0 aliphatic heterocycles. The Balaban J connectivity index is 3.10. The lowest BCUT2D eigenvalue weighted by Crippen LogP contribution is -2.31. The second kappa shape index (κ2) is 6.13. The topological polar surface area (TPSA) is 61.2 Å². The SMILES string of the molecule is CCC(C)CN(C)S(=O)(=O)c1ccc(F)c(C#N)c1. The molecule has 0 N–H and O–H groups in total. The number of nitrogens with zero attached hydrogens (tertiary/aromatic N) is 2. The van der Waals surface area contributed by atoms with Gasteiger partial charge in [0.2, 0.25) is 10.0 Å². The minimum absolute atomic E-state index is 0.0590. The summed E-state index contributed by atoms with van der Waals surface area (Å²) in [6, 6.07) is 4.89. The van der Waals surface area contributed by atoms with Crippen molar-refractivity contribution in [2.45, 2.75) is 25.2 Å². The molecule has 0 saturated carbocycles. The first-order valence-corrected chi connectivity index (χ1v) is 7.43. The van der Waals surface area contributed by atoms with Crippen molar-refractivity contribution in [2.75, 3.05) is 13.6 Å². The molecule has 1 aromatic carbocycles. The number of hydrogen-bond donors (Lipinski definition) is 0. The van der Waals surface area contributed by atoms with Gasteiger partial charge in [-0.25, -0.2) is 17.1 Å². The normalized spacial score (nSPS) is 13.3. The summed E-state index contributed by atoms with van der Waals surface area (Å²) in [4.78, 5) is -0.0590. The first-order valence-electron chi connectivity index (χ1n) is 5.99. The molecule has 19 heavy (non-hydrogen) atoms. The van der Waals surface area contributed by atoms with E-state index in [1.54, 1.807) is 6.07 Å². The summed E-state index contributed by atoms with van der Waals surface area (Å²) >= 11 is 0. The smallest absolute Gasteiger partial charge is 0.207 e. The monoisotopic (exact) mass is 284 g/mol. The van der Waals surface area contributed by atoms with Crippen LogP contribution in [0.15, 0.2) is 23.1 Å². The van der Waals surface area contributed by atoms with Gasteiger partial charge in [-0.15, -0.1) is 0 Å². The van der Waals surface area contributed by atoms with Crippen LogP contribution >= 0.6 is 0 Å². The molecule has 104 valence electrons. The molecule has 1 rings (SSSR count). The molecule has 1 aromatic rings. The third kappa shape index (κ3) is 3.52. The molecule has 0 aliphatic carbocycles. The minimum Gasteiger partial charge on any atom is -0.207 e. The Morgan fingerprint density at radius 2 is 2.11 bits per heavy atom. The largest absolute Gasteiger partial charge is 0.242 e. The predicted octanol–water partition coefficient (Wildman–Crippen LogP) is 2.36. The summed E-state index contributed by atoms with van der Waals surface area (Å²) in [5.41, 5.74) is -0.266. The fraction of sp³-hybridized carbons (Fsp3) is 0.462. The number of rotatable bonds is 5. The summed E-state index contributed by atoms with van der Waals surface area (Å²) < 4.78 is 38.9. The lowest BCUT2D eigenvalue weighted by atomic mass is 10.1. The van der Waals surface area contributed by atoms with Gasteiger partial charge in [-0.2, -0.15) is 5.26 Å². The van der Waals surface area contributed by atoms with Crippen LogP contribution in [0.4, 0.5) is 4.39 Å². The zero-order chi connectivity index (χ0) is 14.6. The number of hydrogen-bond acceptors (Lipinski definition) is 3. The zero-order valence-corrected chi connectivity index (χ0v) is 12.0. The van der Waals surface area contributed by atoms with Crippen LogP contribution in [0.25, 0.3) is 0 Å². The molecule has 0 fully saturated rings. The van der Waals surface area contributed by atoms with Crippen LogP contribution in [0, 0.1) is 23.1 Å². The lowest BCUT2D eigenvalue weighted by molar-refractivity contribution is 0.393. The number of sulfonamides is 1. The second-order valence-electron chi connectivity index (χ2n) is 4.55.